The number of halogens is 1. The zero-order valence-electron chi connectivity index (χ0n) is 15.3. The molecule has 0 spiro atoms. The van der Waals surface area contributed by atoms with Gasteiger partial charge in [0.2, 0.25) is 0 Å². The molecule has 1 aromatic heterocycles. The molecule has 0 aliphatic carbocycles. The molecule has 2 N–H and O–H groups in total. The molecule has 1 aliphatic heterocycles. The SMILES string of the molecule is CCNC(=NCCCOCC1CCOCC1)NC(C)c1cccs1.I. The van der Waals surface area contributed by atoms with Crippen LogP contribution in [0, 0.1) is 5.92 Å². The van der Waals surface area contributed by atoms with Crippen molar-refractivity contribution >= 4 is 41.3 Å². The Morgan fingerprint density at radius 3 is 2.92 bits per heavy atom. The van der Waals surface area contributed by atoms with E-state index < -0.39 is 0 Å². The summed E-state index contributed by atoms with van der Waals surface area (Å²) in [5.41, 5.74) is 0. The molecule has 1 fully saturated rings. The van der Waals surface area contributed by atoms with E-state index in [1.807, 2.05) is 0 Å². The van der Waals surface area contributed by atoms with Gasteiger partial charge in [-0.2, -0.15) is 0 Å². The summed E-state index contributed by atoms with van der Waals surface area (Å²) >= 11 is 1.77. The van der Waals surface area contributed by atoms with E-state index in [0.717, 1.165) is 64.7 Å². The van der Waals surface area contributed by atoms with E-state index in [4.69, 9.17) is 9.47 Å². The summed E-state index contributed by atoms with van der Waals surface area (Å²) in [6.45, 7) is 9.31. The third kappa shape index (κ3) is 9.21. The summed E-state index contributed by atoms with van der Waals surface area (Å²) in [6, 6.07) is 4.50. The Morgan fingerprint density at radius 1 is 1.44 bits per heavy atom. The first-order valence-corrected chi connectivity index (χ1v) is 9.91. The van der Waals surface area contributed by atoms with Crippen LogP contribution in [0.25, 0.3) is 0 Å². The average Bonchev–Trinajstić information content (AvgIpc) is 3.13. The number of aliphatic imine (C=N–C) groups is 1. The highest BCUT2D eigenvalue weighted by Crippen LogP contribution is 2.17. The van der Waals surface area contributed by atoms with Crippen molar-refractivity contribution in [3.8, 4) is 0 Å². The Labute approximate surface area is 173 Å². The lowest BCUT2D eigenvalue weighted by atomic mass is 10.0. The summed E-state index contributed by atoms with van der Waals surface area (Å²) in [6.07, 6.45) is 3.22. The third-order valence-electron chi connectivity index (χ3n) is 4.08. The molecule has 144 valence electrons. The minimum atomic E-state index is 0. The molecule has 2 heterocycles. The van der Waals surface area contributed by atoms with Crippen molar-refractivity contribution in [2.75, 3.05) is 39.5 Å². The Hall–Kier alpha value is -0.380. The van der Waals surface area contributed by atoms with Gasteiger partial charge in [0.25, 0.3) is 0 Å². The van der Waals surface area contributed by atoms with Gasteiger partial charge in [-0.05, 0) is 50.5 Å². The van der Waals surface area contributed by atoms with E-state index in [1.54, 1.807) is 11.3 Å². The van der Waals surface area contributed by atoms with E-state index in [9.17, 15) is 0 Å². The van der Waals surface area contributed by atoms with Crippen molar-refractivity contribution in [1.82, 2.24) is 10.6 Å². The molecule has 0 saturated carbocycles. The van der Waals surface area contributed by atoms with Gasteiger partial charge in [0.15, 0.2) is 5.96 Å². The topological polar surface area (TPSA) is 54.9 Å². The van der Waals surface area contributed by atoms with E-state index in [1.165, 1.54) is 4.88 Å². The third-order valence-corrected chi connectivity index (χ3v) is 5.13. The molecule has 1 atom stereocenters. The molecule has 2 rings (SSSR count). The van der Waals surface area contributed by atoms with Crippen molar-refractivity contribution in [3.63, 3.8) is 0 Å². The normalized spacial score (nSPS) is 17.0. The summed E-state index contributed by atoms with van der Waals surface area (Å²) < 4.78 is 11.2. The molecule has 1 unspecified atom stereocenters. The minimum Gasteiger partial charge on any atom is -0.381 e. The van der Waals surface area contributed by atoms with Crippen molar-refractivity contribution < 1.29 is 9.47 Å². The zero-order valence-corrected chi connectivity index (χ0v) is 18.5. The molecule has 5 nitrogen and oxygen atoms in total. The Morgan fingerprint density at radius 2 is 2.24 bits per heavy atom. The van der Waals surface area contributed by atoms with Gasteiger partial charge in [-0.25, -0.2) is 0 Å². The maximum absolute atomic E-state index is 5.79. The van der Waals surface area contributed by atoms with Crippen LogP contribution >= 0.6 is 35.3 Å². The van der Waals surface area contributed by atoms with Gasteiger partial charge in [-0.1, -0.05) is 6.07 Å². The molecule has 0 aromatic carbocycles. The lowest BCUT2D eigenvalue weighted by molar-refractivity contribution is 0.0205. The van der Waals surface area contributed by atoms with Gasteiger partial charge in [0.05, 0.1) is 6.04 Å². The van der Waals surface area contributed by atoms with Crippen LogP contribution in [0.15, 0.2) is 22.5 Å². The highest BCUT2D eigenvalue weighted by Gasteiger charge is 2.13. The van der Waals surface area contributed by atoms with E-state index >= 15 is 0 Å². The van der Waals surface area contributed by atoms with Crippen molar-refractivity contribution in [1.29, 1.82) is 0 Å². The van der Waals surface area contributed by atoms with Crippen LogP contribution in [0.3, 0.4) is 0 Å². The summed E-state index contributed by atoms with van der Waals surface area (Å²) in [5.74, 6) is 1.55. The predicted molar refractivity (Wildman–Crippen MR) is 116 cm³/mol. The quantitative estimate of drug-likeness (QED) is 0.244. The van der Waals surface area contributed by atoms with Crippen LogP contribution in [-0.2, 0) is 9.47 Å². The largest absolute Gasteiger partial charge is 0.381 e. The number of nitrogens with one attached hydrogen (secondary N) is 2. The zero-order chi connectivity index (χ0) is 17.0. The fourth-order valence-electron chi connectivity index (χ4n) is 2.65. The Kier molecular flexibility index (Phi) is 12.5. The first kappa shape index (κ1) is 22.7. The maximum atomic E-state index is 5.79. The number of rotatable bonds is 9. The Balaban J connectivity index is 0.00000312. The monoisotopic (exact) mass is 481 g/mol. The first-order chi connectivity index (χ1) is 11.8. The van der Waals surface area contributed by atoms with Crippen LogP contribution in [-0.4, -0.2) is 45.5 Å². The summed E-state index contributed by atoms with van der Waals surface area (Å²) in [5, 5.41) is 8.87. The van der Waals surface area contributed by atoms with Crippen molar-refractivity contribution in [2.24, 2.45) is 10.9 Å². The predicted octanol–water partition coefficient (Wildman–Crippen LogP) is 3.82. The molecular formula is C18H32IN3O2S. The maximum Gasteiger partial charge on any atom is 0.191 e. The second kappa shape index (κ2) is 13.8. The molecule has 7 heteroatoms. The fraction of sp³-hybridized carbons (Fsp3) is 0.722. The number of thiophene rings is 1. The summed E-state index contributed by atoms with van der Waals surface area (Å²) in [7, 11) is 0. The molecule has 1 aromatic rings. The van der Waals surface area contributed by atoms with E-state index in [-0.39, 0.29) is 30.0 Å². The molecule has 0 bridgehead atoms. The number of guanidine groups is 1. The number of nitrogens with zero attached hydrogens (tertiary/aromatic N) is 1. The van der Waals surface area contributed by atoms with Crippen molar-refractivity contribution in [3.05, 3.63) is 22.4 Å². The highest BCUT2D eigenvalue weighted by molar-refractivity contribution is 14.0. The van der Waals surface area contributed by atoms with Gasteiger partial charge >= 0.3 is 0 Å². The number of hydrogen-bond donors (Lipinski definition) is 2. The smallest absolute Gasteiger partial charge is 0.191 e. The van der Waals surface area contributed by atoms with E-state index in [2.05, 4.69) is 47.0 Å². The van der Waals surface area contributed by atoms with Crippen LogP contribution in [0.4, 0.5) is 0 Å². The van der Waals surface area contributed by atoms with Gasteiger partial charge < -0.3 is 20.1 Å². The molecule has 0 radical (unpaired) electrons. The molecule has 0 amide bonds. The van der Waals surface area contributed by atoms with E-state index in [0.29, 0.717) is 5.92 Å². The molecule has 1 saturated heterocycles. The lowest BCUT2D eigenvalue weighted by Crippen LogP contribution is -2.38. The second-order valence-electron chi connectivity index (χ2n) is 6.13. The average molecular weight is 481 g/mol. The lowest BCUT2D eigenvalue weighted by Gasteiger charge is -2.21. The molecular weight excluding hydrogens is 449 g/mol. The fourth-order valence-corrected chi connectivity index (χ4v) is 3.39. The summed E-state index contributed by atoms with van der Waals surface area (Å²) in [4.78, 5) is 5.97. The van der Waals surface area contributed by atoms with Crippen LogP contribution < -0.4 is 10.6 Å². The van der Waals surface area contributed by atoms with Gasteiger partial charge in [0.1, 0.15) is 0 Å². The van der Waals surface area contributed by atoms with Gasteiger partial charge in [-0.3, -0.25) is 4.99 Å². The minimum absolute atomic E-state index is 0. The van der Waals surface area contributed by atoms with Gasteiger partial charge in [0, 0.05) is 44.4 Å². The van der Waals surface area contributed by atoms with Crippen LogP contribution in [0.2, 0.25) is 0 Å². The second-order valence-corrected chi connectivity index (χ2v) is 7.11. The molecule has 25 heavy (non-hydrogen) atoms. The van der Waals surface area contributed by atoms with Crippen LogP contribution in [0.5, 0.6) is 0 Å². The standard InChI is InChI=1S/C18H31N3O2S.HI/c1-3-19-18(21-15(2)17-6-4-13-24-17)20-9-5-10-23-14-16-7-11-22-12-8-16;/h4,6,13,15-16H,3,5,7-12,14H2,1-2H3,(H2,19,20,21);1H. The van der Waals surface area contributed by atoms with Crippen molar-refractivity contribution in [2.45, 2.75) is 39.2 Å². The molecule has 1 aliphatic rings. The van der Waals surface area contributed by atoms with Crippen LogP contribution in [0.1, 0.15) is 44.0 Å². The Bertz CT molecular complexity index is 465. The number of hydrogen-bond acceptors (Lipinski definition) is 4. The number of ether oxygens (including phenoxy) is 2. The van der Waals surface area contributed by atoms with Gasteiger partial charge in [-0.15, -0.1) is 35.3 Å². The highest BCUT2D eigenvalue weighted by atomic mass is 127. The first-order valence-electron chi connectivity index (χ1n) is 9.03.